The quantitative estimate of drug-likeness (QED) is 0.362. The molecule has 0 heterocycles. The van der Waals surface area contributed by atoms with E-state index in [1.165, 1.54) is 12.1 Å². The van der Waals surface area contributed by atoms with Gasteiger partial charge in [0.2, 0.25) is 5.91 Å². The van der Waals surface area contributed by atoms with Crippen molar-refractivity contribution in [1.82, 2.24) is 0 Å². The van der Waals surface area contributed by atoms with Crippen molar-refractivity contribution in [2.24, 2.45) is 0 Å². The van der Waals surface area contributed by atoms with Gasteiger partial charge in [0.05, 0.1) is 25.2 Å². The molecule has 34 heavy (non-hydrogen) atoms. The minimum Gasteiger partial charge on any atom is -0.497 e. The average Bonchev–Trinajstić information content (AvgIpc) is 2.84. The number of nitrogens with one attached hydrogen (secondary N) is 2. The second-order valence-electron chi connectivity index (χ2n) is 7.26. The molecule has 1 amide bonds. The van der Waals surface area contributed by atoms with Gasteiger partial charge in [0, 0.05) is 17.8 Å². The third-order valence-electron chi connectivity index (χ3n) is 4.74. The number of sulfonamides is 1. The van der Waals surface area contributed by atoms with E-state index in [1.54, 1.807) is 67.8 Å². The van der Waals surface area contributed by atoms with Crippen LogP contribution in [0.2, 0.25) is 0 Å². The Morgan fingerprint density at radius 2 is 1.35 bits per heavy atom. The number of hydrogen-bond acceptors (Lipinski definition) is 6. The van der Waals surface area contributed by atoms with Crippen LogP contribution in [0.5, 0.6) is 17.2 Å². The molecule has 0 saturated heterocycles. The lowest BCUT2D eigenvalue weighted by atomic mass is 10.2. The van der Waals surface area contributed by atoms with Crippen molar-refractivity contribution in [3.05, 3.63) is 72.8 Å². The van der Waals surface area contributed by atoms with E-state index in [0.29, 0.717) is 42.5 Å². The molecule has 0 aromatic heterocycles. The molecular formula is C25H28N2O6S. The van der Waals surface area contributed by atoms with Gasteiger partial charge in [0.1, 0.15) is 17.2 Å². The fourth-order valence-electron chi connectivity index (χ4n) is 3.04. The highest BCUT2D eigenvalue weighted by atomic mass is 32.2. The second-order valence-corrected chi connectivity index (χ2v) is 8.95. The molecule has 9 heteroatoms. The SMILES string of the molecule is CCOc1ccc(NS(=O)(=O)c2ccc(NC(=O)CCCOc3ccc(OC)cc3)cc2)cc1. The van der Waals surface area contributed by atoms with Crippen LogP contribution in [-0.4, -0.2) is 34.6 Å². The van der Waals surface area contributed by atoms with Crippen LogP contribution in [0.3, 0.4) is 0 Å². The first-order chi connectivity index (χ1) is 16.4. The van der Waals surface area contributed by atoms with Crippen molar-refractivity contribution in [1.29, 1.82) is 0 Å². The Morgan fingerprint density at radius 3 is 1.97 bits per heavy atom. The molecule has 180 valence electrons. The Bertz CT molecular complexity index is 1160. The molecule has 0 radical (unpaired) electrons. The lowest BCUT2D eigenvalue weighted by Crippen LogP contribution is -2.14. The highest BCUT2D eigenvalue weighted by molar-refractivity contribution is 7.92. The molecule has 2 N–H and O–H groups in total. The normalized spacial score (nSPS) is 10.9. The predicted molar refractivity (Wildman–Crippen MR) is 131 cm³/mol. The Balaban J connectivity index is 1.45. The van der Waals surface area contributed by atoms with Crippen LogP contribution >= 0.6 is 0 Å². The molecule has 0 saturated carbocycles. The van der Waals surface area contributed by atoms with Gasteiger partial charge < -0.3 is 19.5 Å². The molecular weight excluding hydrogens is 456 g/mol. The van der Waals surface area contributed by atoms with Gasteiger partial charge in [0.15, 0.2) is 0 Å². The van der Waals surface area contributed by atoms with E-state index < -0.39 is 10.0 Å². The average molecular weight is 485 g/mol. The van der Waals surface area contributed by atoms with E-state index in [0.717, 1.165) is 5.75 Å². The van der Waals surface area contributed by atoms with Gasteiger partial charge in [-0.15, -0.1) is 0 Å². The number of benzene rings is 3. The van der Waals surface area contributed by atoms with Crippen LogP contribution in [0.15, 0.2) is 77.7 Å². The Kier molecular flexibility index (Phi) is 8.75. The predicted octanol–water partition coefficient (Wildman–Crippen LogP) is 4.69. The largest absolute Gasteiger partial charge is 0.497 e. The minimum atomic E-state index is -3.76. The van der Waals surface area contributed by atoms with Crippen molar-refractivity contribution >= 4 is 27.3 Å². The summed E-state index contributed by atoms with van der Waals surface area (Å²) in [7, 11) is -2.16. The number of carbonyl (C=O) groups excluding carboxylic acids is 1. The highest BCUT2D eigenvalue weighted by Gasteiger charge is 2.14. The Labute approximate surface area is 199 Å². The molecule has 3 aromatic carbocycles. The second kappa shape index (κ2) is 11.9. The van der Waals surface area contributed by atoms with Gasteiger partial charge in [-0.1, -0.05) is 0 Å². The summed E-state index contributed by atoms with van der Waals surface area (Å²) in [5.41, 5.74) is 0.943. The summed E-state index contributed by atoms with van der Waals surface area (Å²) in [6.45, 7) is 2.81. The van der Waals surface area contributed by atoms with E-state index in [1.807, 2.05) is 6.92 Å². The van der Waals surface area contributed by atoms with Crippen molar-refractivity contribution in [3.63, 3.8) is 0 Å². The molecule has 8 nitrogen and oxygen atoms in total. The zero-order valence-electron chi connectivity index (χ0n) is 19.1. The summed E-state index contributed by atoms with van der Waals surface area (Å²) in [6.07, 6.45) is 0.811. The van der Waals surface area contributed by atoms with Crippen LogP contribution in [0.25, 0.3) is 0 Å². The summed E-state index contributed by atoms with van der Waals surface area (Å²) >= 11 is 0. The first-order valence-electron chi connectivity index (χ1n) is 10.8. The molecule has 0 atom stereocenters. The lowest BCUT2D eigenvalue weighted by Gasteiger charge is -2.10. The maximum atomic E-state index is 12.6. The van der Waals surface area contributed by atoms with Gasteiger partial charge in [-0.05, 0) is 86.1 Å². The number of rotatable bonds is 12. The molecule has 3 rings (SSSR count). The molecule has 0 aliphatic heterocycles. The molecule has 0 spiro atoms. The Morgan fingerprint density at radius 1 is 0.794 bits per heavy atom. The van der Waals surface area contributed by atoms with Gasteiger partial charge >= 0.3 is 0 Å². The fraction of sp³-hybridized carbons (Fsp3) is 0.240. The number of hydrogen-bond donors (Lipinski definition) is 2. The summed E-state index contributed by atoms with van der Waals surface area (Å²) in [6, 6.07) is 19.9. The molecule has 0 unspecified atom stereocenters. The number of anilines is 2. The summed E-state index contributed by atoms with van der Waals surface area (Å²) < 4.78 is 43.8. The van der Waals surface area contributed by atoms with Crippen molar-refractivity contribution < 1.29 is 27.4 Å². The van der Waals surface area contributed by atoms with Crippen molar-refractivity contribution in [2.75, 3.05) is 30.4 Å². The number of ether oxygens (including phenoxy) is 3. The minimum absolute atomic E-state index is 0.0901. The molecule has 0 fully saturated rings. The zero-order valence-corrected chi connectivity index (χ0v) is 19.9. The number of carbonyl (C=O) groups is 1. The van der Waals surface area contributed by atoms with E-state index in [9.17, 15) is 13.2 Å². The summed E-state index contributed by atoms with van der Waals surface area (Å²) in [4.78, 5) is 12.3. The van der Waals surface area contributed by atoms with E-state index in [2.05, 4.69) is 10.0 Å². The molecule has 0 bridgehead atoms. The third kappa shape index (κ3) is 7.41. The molecule has 0 aliphatic rings. The van der Waals surface area contributed by atoms with E-state index in [-0.39, 0.29) is 17.2 Å². The first-order valence-corrected chi connectivity index (χ1v) is 12.3. The van der Waals surface area contributed by atoms with Gasteiger partial charge in [0.25, 0.3) is 10.0 Å². The van der Waals surface area contributed by atoms with Crippen molar-refractivity contribution in [3.8, 4) is 17.2 Å². The zero-order chi connectivity index (χ0) is 24.4. The topological polar surface area (TPSA) is 103 Å². The van der Waals surface area contributed by atoms with Crippen LogP contribution < -0.4 is 24.2 Å². The van der Waals surface area contributed by atoms with Crippen molar-refractivity contribution in [2.45, 2.75) is 24.7 Å². The van der Waals surface area contributed by atoms with Crippen LogP contribution in [0.1, 0.15) is 19.8 Å². The smallest absolute Gasteiger partial charge is 0.261 e. The molecule has 3 aromatic rings. The van der Waals surface area contributed by atoms with Gasteiger partial charge in [-0.3, -0.25) is 9.52 Å². The summed E-state index contributed by atoms with van der Waals surface area (Å²) in [5.74, 6) is 1.94. The van der Waals surface area contributed by atoms with Crippen LogP contribution in [0, 0.1) is 0 Å². The van der Waals surface area contributed by atoms with E-state index >= 15 is 0 Å². The standard InChI is InChI=1S/C25H28N2O6S/c1-3-32-22-10-6-20(7-11-22)27-34(29,30)24-16-8-19(9-17-24)26-25(28)5-4-18-33-23-14-12-21(31-2)13-15-23/h6-17,27H,3-5,18H2,1-2H3,(H,26,28). The van der Waals surface area contributed by atoms with Crippen LogP contribution in [0.4, 0.5) is 11.4 Å². The number of amides is 1. The van der Waals surface area contributed by atoms with E-state index in [4.69, 9.17) is 14.2 Å². The monoisotopic (exact) mass is 484 g/mol. The van der Waals surface area contributed by atoms with Gasteiger partial charge in [-0.2, -0.15) is 0 Å². The number of methoxy groups -OCH3 is 1. The maximum absolute atomic E-state index is 12.6. The maximum Gasteiger partial charge on any atom is 0.261 e. The lowest BCUT2D eigenvalue weighted by molar-refractivity contribution is -0.116. The highest BCUT2D eigenvalue weighted by Crippen LogP contribution is 2.21. The Hall–Kier alpha value is -3.72. The molecule has 0 aliphatic carbocycles. The summed E-state index contributed by atoms with van der Waals surface area (Å²) in [5, 5.41) is 2.76. The third-order valence-corrected chi connectivity index (χ3v) is 6.14. The van der Waals surface area contributed by atoms with Crippen LogP contribution in [-0.2, 0) is 14.8 Å². The van der Waals surface area contributed by atoms with Gasteiger partial charge in [-0.25, -0.2) is 8.42 Å². The first kappa shape index (κ1) is 24.9. The fourth-order valence-corrected chi connectivity index (χ4v) is 4.09.